The lowest BCUT2D eigenvalue weighted by molar-refractivity contribution is -0.141. The number of nitrogens with zero attached hydrogens (tertiary/aromatic N) is 7. The van der Waals surface area contributed by atoms with Crippen LogP contribution in [0.4, 0.5) is 10.2 Å². The highest BCUT2D eigenvalue weighted by molar-refractivity contribution is 5.98. The van der Waals surface area contributed by atoms with Crippen LogP contribution in [0, 0.1) is 0 Å². The zero-order valence-electron chi connectivity index (χ0n) is 23.1. The number of likely N-dealkylation sites (tertiary alicyclic amines) is 3. The number of piperidine rings is 1. The van der Waals surface area contributed by atoms with Crippen LogP contribution >= 0.6 is 0 Å². The van der Waals surface area contributed by atoms with Crippen molar-refractivity contribution in [3.63, 3.8) is 0 Å². The minimum absolute atomic E-state index is 0.0964. The molecule has 0 radical (unpaired) electrons. The van der Waals surface area contributed by atoms with Crippen molar-refractivity contribution in [1.82, 2.24) is 34.4 Å². The number of fused-ring (bicyclic) bond motifs is 1. The van der Waals surface area contributed by atoms with E-state index in [9.17, 15) is 4.79 Å². The molecule has 0 spiro atoms. The molecule has 0 aliphatic carbocycles. The van der Waals surface area contributed by atoms with Crippen LogP contribution in [0.3, 0.4) is 0 Å². The molecule has 2 aromatic carbocycles. The van der Waals surface area contributed by atoms with Crippen LogP contribution in [0.5, 0.6) is 11.5 Å². The van der Waals surface area contributed by atoms with E-state index in [-0.39, 0.29) is 6.54 Å². The highest BCUT2D eigenvalue weighted by Gasteiger charge is 2.44. The van der Waals surface area contributed by atoms with Crippen molar-refractivity contribution >= 4 is 22.8 Å². The Kier molecular flexibility index (Phi) is 6.96. The summed E-state index contributed by atoms with van der Waals surface area (Å²) in [6.07, 6.45) is 0.897. The van der Waals surface area contributed by atoms with E-state index < -0.39 is 18.2 Å². The van der Waals surface area contributed by atoms with Gasteiger partial charge < -0.3 is 15.6 Å². The molecule has 218 valence electrons. The molecular weight excluding hydrogens is 539 g/mol. The third kappa shape index (κ3) is 5.06. The molecule has 3 saturated heterocycles. The minimum Gasteiger partial charge on any atom is -0.480 e. The van der Waals surface area contributed by atoms with E-state index in [2.05, 4.69) is 19.8 Å². The van der Waals surface area contributed by atoms with Gasteiger partial charge in [-0.2, -0.15) is 5.10 Å². The smallest absolute Gasteiger partial charge is 0.317 e. The van der Waals surface area contributed by atoms with Crippen LogP contribution < -0.4 is 10.5 Å². The summed E-state index contributed by atoms with van der Waals surface area (Å²) in [5, 5.41) is 14.4. The van der Waals surface area contributed by atoms with E-state index in [1.54, 1.807) is 4.68 Å². The summed E-state index contributed by atoms with van der Waals surface area (Å²) in [4.78, 5) is 26.1. The van der Waals surface area contributed by atoms with Crippen LogP contribution in [0.1, 0.15) is 12.5 Å². The van der Waals surface area contributed by atoms with Gasteiger partial charge in [-0.25, -0.2) is 19.0 Å². The average molecular weight is 573 g/mol. The monoisotopic (exact) mass is 572 g/mol. The maximum absolute atomic E-state index is 15.8. The molecule has 42 heavy (non-hydrogen) atoms. The highest BCUT2D eigenvalue weighted by atomic mass is 19.1. The van der Waals surface area contributed by atoms with Crippen LogP contribution in [-0.2, 0) is 4.79 Å². The van der Waals surface area contributed by atoms with Gasteiger partial charge in [0.1, 0.15) is 35.5 Å². The second kappa shape index (κ2) is 10.9. The number of para-hydroxylation sites is 1. The fourth-order valence-corrected chi connectivity index (χ4v) is 6.37. The number of anilines is 1. The third-order valence-corrected chi connectivity index (χ3v) is 8.70. The first-order chi connectivity index (χ1) is 20.4. The Morgan fingerprint density at radius 2 is 1.67 bits per heavy atom. The number of carbonyl (C=O) groups is 1. The predicted molar refractivity (Wildman–Crippen MR) is 155 cm³/mol. The lowest BCUT2D eigenvalue weighted by Crippen LogP contribution is -2.70. The number of benzene rings is 2. The van der Waals surface area contributed by atoms with Crippen molar-refractivity contribution in [1.29, 1.82) is 0 Å². The Morgan fingerprint density at radius 3 is 2.38 bits per heavy atom. The number of nitrogens with two attached hydrogens (primary N) is 1. The number of nitrogen functional groups attached to an aromatic ring is 1. The Balaban J connectivity index is 1.04. The van der Waals surface area contributed by atoms with Gasteiger partial charge in [-0.3, -0.25) is 19.5 Å². The molecule has 4 aromatic rings. The number of carboxylic acid groups (broad SMARTS) is 1. The standard InChI is InChI=1S/C30H33FN8O3/c31-24-16-37(21-14-38(15-21)20-12-36(13-20)17-26(40)41)11-10-25(24)39-30-27(29(32)33-18-34-30)28(35-39)19-6-8-23(9-7-19)42-22-4-2-1-3-5-22/h1-9,18,20-21,24-25H,10-17H2,(H,40,41)(H2,32,33,34). The van der Waals surface area contributed by atoms with Crippen molar-refractivity contribution < 1.29 is 19.0 Å². The van der Waals surface area contributed by atoms with Gasteiger partial charge in [0, 0.05) is 56.9 Å². The largest absolute Gasteiger partial charge is 0.480 e. The summed E-state index contributed by atoms with van der Waals surface area (Å²) in [6, 6.07) is 17.4. The van der Waals surface area contributed by atoms with Gasteiger partial charge in [-0.05, 0) is 42.8 Å². The molecule has 3 fully saturated rings. The van der Waals surface area contributed by atoms with Gasteiger partial charge in [0.15, 0.2) is 5.65 Å². The molecule has 3 aliphatic rings. The number of aromatic nitrogens is 4. The molecule has 0 bridgehead atoms. The minimum atomic E-state index is -1.11. The molecule has 3 N–H and O–H groups in total. The normalized spacial score (nSPS) is 22.6. The quantitative estimate of drug-likeness (QED) is 0.326. The number of hydrogen-bond donors (Lipinski definition) is 2. The first-order valence-corrected chi connectivity index (χ1v) is 14.3. The second-order valence-corrected chi connectivity index (χ2v) is 11.4. The fourth-order valence-electron chi connectivity index (χ4n) is 6.37. The number of ether oxygens (including phenoxy) is 1. The number of halogens is 1. The predicted octanol–water partition coefficient (Wildman–Crippen LogP) is 2.91. The van der Waals surface area contributed by atoms with Crippen LogP contribution in [0.25, 0.3) is 22.3 Å². The van der Waals surface area contributed by atoms with Crippen molar-refractivity contribution in [2.75, 3.05) is 51.5 Å². The van der Waals surface area contributed by atoms with Crippen LogP contribution in [-0.4, -0.2) is 110 Å². The second-order valence-electron chi connectivity index (χ2n) is 11.4. The molecule has 2 unspecified atom stereocenters. The molecular formula is C30H33FN8O3. The van der Waals surface area contributed by atoms with Gasteiger partial charge in [-0.15, -0.1) is 0 Å². The Morgan fingerprint density at radius 1 is 0.952 bits per heavy atom. The van der Waals surface area contributed by atoms with Crippen molar-refractivity contribution in [3.05, 3.63) is 60.9 Å². The summed E-state index contributed by atoms with van der Waals surface area (Å²) in [7, 11) is 0. The van der Waals surface area contributed by atoms with Crippen molar-refractivity contribution in [2.24, 2.45) is 0 Å². The number of rotatable bonds is 8. The summed E-state index contributed by atoms with van der Waals surface area (Å²) in [6.45, 7) is 4.56. The SMILES string of the molecule is Nc1ncnc2c1c(-c1ccc(Oc3ccccc3)cc1)nn2C1CCN(C2CN(C3CN(CC(=O)O)C3)C2)CC1F. The van der Waals surface area contributed by atoms with E-state index in [0.717, 1.165) is 44.0 Å². The fraction of sp³-hybridized carbons (Fsp3) is 0.400. The number of aliphatic carboxylic acids is 1. The van der Waals surface area contributed by atoms with E-state index in [4.69, 9.17) is 20.7 Å². The van der Waals surface area contributed by atoms with E-state index in [0.29, 0.717) is 53.3 Å². The first-order valence-electron chi connectivity index (χ1n) is 14.3. The average Bonchev–Trinajstić information content (AvgIpc) is 3.32. The zero-order chi connectivity index (χ0) is 28.8. The topological polar surface area (TPSA) is 126 Å². The molecule has 12 heteroatoms. The number of hydrogen-bond acceptors (Lipinski definition) is 9. The van der Waals surface area contributed by atoms with Gasteiger partial charge in [0.2, 0.25) is 0 Å². The number of alkyl halides is 1. The summed E-state index contributed by atoms with van der Waals surface area (Å²) >= 11 is 0. The van der Waals surface area contributed by atoms with E-state index in [1.807, 2.05) is 59.5 Å². The summed E-state index contributed by atoms with van der Waals surface area (Å²) < 4.78 is 23.5. The van der Waals surface area contributed by atoms with Crippen molar-refractivity contribution in [2.45, 2.75) is 30.7 Å². The van der Waals surface area contributed by atoms with Gasteiger partial charge in [0.25, 0.3) is 0 Å². The van der Waals surface area contributed by atoms with E-state index in [1.165, 1.54) is 6.33 Å². The summed E-state index contributed by atoms with van der Waals surface area (Å²) in [5.41, 5.74) is 8.29. The lowest BCUT2D eigenvalue weighted by atomic mass is 9.95. The maximum atomic E-state index is 15.8. The molecule has 2 aromatic heterocycles. The van der Waals surface area contributed by atoms with Gasteiger partial charge >= 0.3 is 5.97 Å². The van der Waals surface area contributed by atoms with E-state index >= 15 is 4.39 Å². The molecule has 0 amide bonds. The van der Waals surface area contributed by atoms with Crippen LogP contribution in [0.2, 0.25) is 0 Å². The van der Waals surface area contributed by atoms with Crippen LogP contribution in [0.15, 0.2) is 60.9 Å². The van der Waals surface area contributed by atoms with Crippen molar-refractivity contribution in [3.8, 4) is 22.8 Å². The molecule has 7 rings (SSSR count). The maximum Gasteiger partial charge on any atom is 0.317 e. The molecule has 5 heterocycles. The number of carboxylic acids is 1. The molecule has 0 saturated carbocycles. The Hall–Kier alpha value is -4.13. The molecule has 11 nitrogen and oxygen atoms in total. The zero-order valence-corrected chi connectivity index (χ0v) is 23.1. The molecule has 3 aliphatic heterocycles. The molecule has 2 atom stereocenters. The summed E-state index contributed by atoms with van der Waals surface area (Å²) in [5.74, 6) is 0.965. The first kappa shape index (κ1) is 26.7. The highest BCUT2D eigenvalue weighted by Crippen LogP contribution is 2.37. The Labute approximate surface area is 242 Å². The third-order valence-electron chi connectivity index (χ3n) is 8.70. The van der Waals surface area contributed by atoms with Gasteiger partial charge in [0.05, 0.1) is 18.0 Å². The van der Waals surface area contributed by atoms with Gasteiger partial charge in [-0.1, -0.05) is 18.2 Å². The lowest BCUT2D eigenvalue weighted by Gasteiger charge is -2.55. The Bertz CT molecular complexity index is 1570.